The minimum Gasteiger partial charge on any atom is -0.295 e. The SMILES string of the molecule is O=C1CCC/C1=C(\I)Cc1ccccc1. The Bertz CT molecular complexity index is 392. The Morgan fingerprint density at radius 1 is 1.20 bits per heavy atom. The van der Waals surface area contributed by atoms with E-state index in [4.69, 9.17) is 0 Å². The van der Waals surface area contributed by atoms with Crippen LogP contribution in [0.1, 0.15) is 24.8 Å². The van der Waals surface area contributed by atoms with Gasteiger partial charge in [-0.3, -0.25) is 4.79 Å². The van der Waals surface area contributed by atoms with E-state index >= 15 is 0 Å². The summed E-state index contributed by atoms with van der Waals surface area (Å²) >= 11 is 2.32. The average Bonchev–Trinajstić information content (AvgIpc) is 2.66. The molecule has 0 atom stereocenters. The van der Waals surface area contributed by atoms with E-state index < -0.39 is 0 Å². The highest BCUT2D eigenvalue weighted by atomic mass is 127. The molecule has 1 saturated carbocycles. The van der Waals surface area contributed by atoms with Gasteiger partial charge in [0.15, 0.2) is 5.78 Å². The van der Waals surface area contributed by atoms with Gasteiger partial charge in [-0.1, -0.05) is 30.3 Å². The number of hydrogen-bond donors (Lipinski definition) is 0. The second-order valence-electron chi connectivity index (χ2n) is 3.82. The van der Waals surface area contributed by atoms with E-state index in [9.17, 15) is 4.79 Å². The minimum atomic E-state index is 0.357. The van der Waals surface area contributed by atoms with E-state index in [1.165, 1.54) is 9.14 Å². The molecule has 0 aromatic heterocycles. The molecule has 1 aromatic carbocycles. The molecule has 0 aliphatic heterocycles. The second kappa shape index (κ2) is 4.92. The Labute approximate surface area is 104 Å². The van der Waals surface area contributed by atoms with Crippen LogP contribution in [0.25, 0.3) is 0 Å². The van der Waals surface area contributed by atoms with Gasteiger partial charge in [0.2, 0.25) is 0 Å². The molecule has 0 radical (unpaired) electrons. The van der Waals surface area contributed by atoms with Gasteiger partial charge in [0, 0.05) is 22.0 Å². The average molecular weight is 312 g/mol. The summed E-state index contributed by atoms with van der Waals surface area (Å²) in [6.07, 6.45) is 3.67. The molecule has 0 saturated heterocycles. The fourth-order valence-corrected chi connectivity index (χ4v) is 2.90. The molecule has 1 nitrogen and oxygen atoms in total. The third-order valence-corrected chi connectivity index (χ3v) is 3.73. The third-order valence-electron chi connectivity index (χ3n) is 2.70. The lowest BCUT2D eigenvalue weighted by Crippen LogP contribution is -1.96. The maximum Gasteiger partial charge on any atom is 0.159 e. The number of halogens is 1. The summed E-state index contributed by atoms with van der Waals surface area (Å²) in [5.41, 5.74) is 2.36. The lowest BCUT2D eigenvalue weighted by molar-refractivity contribution is -0.114. The maximum atomic E-state index is 11.5. The van der Waals surface area contributed by atoms with Crippen LogP contribution in [0.5, 0.6) is 0 Å². The zero-order valence-electron chi connectivity index (χ0n) is 8.50. The number of rotatable bonds is 2. The molecule has 0 spiro atoms. The molecule has 2 heteroatoms. The number of carbonyl (C=O) groups excluding carboxylic acids is 1. The van der Waals surface area contributed by atoms with Crippen LogP contribution < -0.4 is 0 Å². The van der Waals surface area contributed by atoms with Crippen molar-refractivity contribution < 1.29 is 4.79 Å². The Morgan fingerprint density at radius 3 is 2.53 bits per heavy atom. The topological polar surface area (TPSA) is 17.1 Å². The van der Waals surface area contributed by atoms with Crippen molar-refractivity contribution in [3.63, 3.8) is 0 Å². The number of Topliss-reactive ketones (excluding diaryl/α,β-unsaturated/α-hetero) is 1. The van der Waals surface area contributed by atoms with Gasteiger partial charge in [-0.25, -0.2) is 0 Å². The van der Waals surface area contributed by atoms with Crippen molar-refractivity contribution in [2.75, 3.05) is 0 Å². The van der Waals surface area contributed by atoms with Crippen LogP contribution in [0.2, 0.25) is 0 Å². The second-order valence-corrected chi connectivity index (χ2v) is 5.12. The molecule has 0 bridgehead atoms. The van der Waals surface area contributed by atoms with E-state index in [1.807, 2.05) is 18.2 Å². The van der Waals surface area contributed by atoms with Crippen molar-refractivity contribution in [2.45, 2.75) is 25.7 Å². The first-order valence-corrected chi connectivity index (χ1v) is 6.30. The Balaban J connectivity index is 2.16. The fraction of sp³-hybridized carbons (Fsp3) is 0.308. The summed E-state index contributed by atoms with van der Waals surface area (Å²) in [5, 5.41) is 0. The number of benzene rings is 1. The van der Waals surface area contributed by atoms with Crippen LogP contribution in [-0.4, -0.2) is 5.78 Å². The van der Waals surface area contributed by atoms with Gasteiger partial charge in [0.25, 0.3) is 0 Å². The number of ketones is 1. The van der Waals surface area contributed by atoms with Crippen LogP contribution >= 0.6 is 22.6 Å². The van der Waals surface area contributed by atoms with Crippen LogP contribution in [-0.2, 0) is 11.2 Å². The van der Waals surface area contributed by atoms with Crippen molar-refractivity contribution in [3.05, 3.63) is 45.0 Å². The molecular formula is C13H13IO. The van der Waals surface area contributed by atoms with Gasteiger partial charge >= 0.3 is 0 Å². The quantitative estimate of drug-likeness (QED) is 0.601. The maximum absolute atomic E-state index is 11.5. The molecule has 1 fully saturated rings. The Kier molecular flexibility index (Phi) is 3.57. The highest BCUT2D eigenvalue weighted by Gasteiger charge is 2.19. The first-order chi connectivity index (χ1) is 7.27. The largest absolute Gasteiger partial charge is 0.295 e. The number of allylic oxidation sites excluding steroid dienone is 2. The van der Waals surface area contributed by atoms with Crippen molar-refractivity contribution in [2.24, 2.45) is 0 Å². The molecule has 0 unspecified atom stereocenters. The zero-order valence-corrected chi connectivity index (χ0v) is 10.7. The first kappa shape index (κ1) is 10.9. The Hall–Kier alpha value is -0.640. The van der Waals surface area contributed by atoms with Crippen molar-refractivity contribution in [3.8, 4) is 0 Å². The van der Waals surface area contributed by atoms with Gasteiger partial charge in [-0.2, -0.15) is 0 Å². The molecule has 2 rings (SSSR count). The van der Waals surface area contributed by atoms with E-state index in [2.05, 4.69) is 34.7 Å². The van der Waals surface area contributed by atoms with Crippen LogP contribution in [0, 0.1) is 0 Å². The van der Waals surface area contributed by atoms with E-state index in [-0.39, 0.29) is 0 Å². The summed E-state index contributed by atoms with van der Waals surface area (Å²) in [6.45, 7) is 0. The summed E-state index contributed by atoms with van der Waals surface area (Å²) in [5.74, 6) is 0.357. The monoisotopic (exact) mass is 312 g/mol. The fourth-order valence-electron chi connectivity index (χ4n) is 1.88. The van der Waals surface area contributed by atoms with E-state index in [0.29, 0.717) is 5.78 Å². The van der Waals surface area contributed by atoms with Crippen LogP contribution in [0.3, 0.4) is 0 Å². The highest BCUT2D eigenvalue weighted by molar-refractivity contribution is 14.1. The third kappa shape index (κ3) is 2.68. The molecule has 0 heterocycles. The molecule has 15 heavy (non-hydrogen) atoms. The lowest BCUT2D eigenvalue weighted by atomic mass is 10.1. The summed E-state index contributed by atoms with van der Waals surface area (Å²) in [6, 6.07) is 10.3. The molecule has 0 N–H and O–H groups in total. The zero-order chi connectivity index (χ0) is 10.7. The van der Waals surface area contributed by atoms with Crippen LogP contribution in [0.15, 0.2) is 39.5 Å². The Morgan fingerprint density at radius 2 is 1.93 bits per heavy atom. The van der Waals surface area contributed by atoms with Gasteiger partial charge in [0.1, 0.15) is 0 Å². The predicted molar refractivity (Wildman–Crippen MR) is 70.1 cm³/mol. The predicted octanol–water partition coefficient (Wildman–Crippen LogP) is 3.67. The van der Waals surface area contributed by atoms with Gasteiger partial charge in [-0.15, -0.1) is 0 Å². The van der Waals surface area contributed by atoms with E-state index in [0.717, 1.165) is 31.3 Å². The van der Waals surface area contributed by atoms with Gasteiger partial charge in [0.05, 0.1) is 0 Å². The van der Waals surface area contributed by atoms with E-state index in [1.54, 1.807) is 0 Å². The minimum absolute atomic E-state index is 0.357. The summed E-state index contributed by atoms with van der Waals surface area (Å²) < 4.78 is 1.22. The molecule has 78 valence electrons. The number of carbonyl (C=O) groups is 1. The van der Waals surface area contributed by atoms with Crippen molar-refractivity contribution in [1.82, 2.24) is 0 Å². The van der Waals surface area contributed by atoms with Gasteiger partial charge < -0.3 is 0 Å². The van der Waals surface area contributed by atoms with Crippen LogP contribution in [0.4, 0.5) is 0 Å². The smallest absolute Gasteiger partial charge is 0.159 e. The first-order valence-electron chi connectivity index (χ1n) is 5.22. The molecule has 1 aromatic rings. The lowest BCUT2D eigenvalue weighted by Gasteiger charge is -2.03. The van der Waals surface area contributed by atoms with Gasteiger partial charge in [-0.05, 0) is 41.0 Å². The van der Waals surface area contributed by atoms with Crippen molar-refractivity contribution in [1.29, 1.82) is 0 Å². The molecule has 1 aliphatic carbocycles. The number of hydrogen-bond acceptors (Lipinski definition) is 1. The van der Waals surface area contributed by atoms with Crippen molar-refractivity contribution >= 4 is 28.4 Å². The summed E-state index contributed by atoms with van der Waals surface area (Å²) in [7, 11) is 0. The normalized spacial score (nSPS) is 19.4. The summed E-state index contributed by atoms with van der Waals surface area (Å²) in [4.78, 5) is 11.5. The standard InChI is InChI=1S/C13H13IO/c14-12(11-7-4-8-13(11)15)9-10-5-2-1-3-6-10/h1-3,5-6H,4,7-9H2/b12-11+. The molecule has 1 aliphatic rings. The molecular weight excluding hydrogens is 299 g/mol. The highest BCUT2D eigenvalue weighted by Crippen LogP contribution is 2.29. The molecule has 0 amide bonds.